The quantitative estimate of drug-likeness (QED) is 0.309. The van der Waals surface area contributed by atoms with E-state index in [1.165, 1.54) is 17.4 Å². The SMILES string of the molecule is O=C(Cc1cc(=O)[nH]c(SCC(=O)Nc2cc(C(F)(F)F)ccc2Cl)n1)NCc1cccs1. The normalized spacial score (nSPS) is 11.3. The molecule has 2 heterocycles. The Morgan fingerprint density at radius 3 is 2.67 bits per heavy atom. The van der Waals surface area contributed by atoms with Crippen LogP contribution in [0.2, 0.25) is 5.02 Å². The molecule has 0 aliphatic rings. The number of aromatic nitrogens is 2. The first-order valence-electron chi connectivity index (χ1n) is 9.29. The second kappa shape index (κ2) is 10.9. The summed E-state index contributed by atoms with van der Waals surface area (Å²) in [5.41, 5.74) is -1.43. The number of nitrogens with zero attached hydrogens (tertiary/aromatic N) is 1. The number of rotatable bonds is 8. The van der Waals surface area contributed by atoms with E-state index in [0.717, 1.165) is 34.8 Å². The van der Waals surface area contributed by atoms with Crippen molar-refractivity contribution in [3.05, 3.63) is 73.3 Å². The number of carbonyl (C=O) groups excluding carboxylic acids is 2. The van der Waals surface area contributed by atoms with Gasteiger partial charge in [0.1, 0.15) is 0 Å². The van der Waals surface area contributed by atoms with Gasteiger partial charge in [0.2, 0.25) is 11.8 Å². The predicted octanol–water partition coefficient (Wildman–Crippen LogP) is 4.09. The van der Waals surface area contributed by atoms with Crippen LogP contribution < -0.4 is 16.2 Å². The molecule has 3 rings (SSSR count). The average molecular weight is 517 g/mol. The maximum atomic E-state index is 12.9. The van der Waals surface area contributed by atoms with Crippen LogP contribution >= 0.6 is 34.7 Å². The van der Waals surface area contributed by atoms with Crippen LogP contribution in [0.15, 0.2) is 51.7 Å². The zero-order chi connectivity index (χ0) is 24.0. The van der Waals surface area contributed by atoms with Crippen LogP contribution in [0, 0.1) is 0 Å². The second-order valence-corrected chi connectivity index (χ2v) is 9.01. The molecule has 2 aromatic heterocycles. The number of carbonyl (C=O) groups is 2. The molecule has 2 amide bonds. The summed E-state index contributed by atoms with van der Waals surface area (Å²) in [6, 6.07) is 7.51. The Balaban J connectivity index is 1.58. The van der Waals surface area contributed by atoms with Crippen LogP contribution in [-0.2, 0) is 28.7 Å². The zero-order valence-electron chi connectivity index (χ0n) is 16.7. The standard InChI is InChI=1S/C20H16ClF3N4O3S2/c21-14-4-3-11(20(22,23)24)6-15(14)27-18(31)10-33-19-26-12(8-17(30)28-19)7-16(29)25-9-13-2-1-5-32-13/h1-6,8H,7,9-10H2,(H,25,29)(H,27,31)(H,26,28,30). The third-order valence-electron chi connectivity index (χ3n) is 4.06. The molecule has 1 aromatic carbocycles. The number of amides is 2. The zero-order valence-corrected chi connectivity index (χ0v) is 19.1. The number of H-pyrrole nitrogens is 1. The first-order valence-corrected chi connectivity index (χ1v) is 11.5. The predicted molar refractivity (Wildman–Crippen MR) is 121 cm³/mol. The van der Waals surface area contributed by atoms with Gasteiger partial charge in [0.05, 0.1) is 40.7 Å². The van der Waals surface area contributed by atoms with Gasteiger partial charge in [-0.1, -0.05) is 29.4 Å². The highest BCUT2D eigenvalue weighted by Gasteiger charge is 2.31. The van der Waals surface area contributed by atoms with Gasteiger partial charge in [0.25, 0.3) is 5.56 Å². The Labute approximate surface area is 198 Å². The van der Waals surface area contributed by atoms with E-state index >= 15 is 0 Å². The molecule has 0 aliphatic carbocycles. The highest BCUT2D eigenvalue weighted by atomic mass is 35.5. The van der Waals surface area contributed by atoms with Crippen molar-refractivity contribution in [1.82, 2.24) is 15.3 Å². The number of alkyl halides is 3. The molecule has 7 nitrogen and oxygen atoms in total. The highest BCUT2D eigenvalue weighted by molar-refractivity contribution is 7.99. The number of thiophene rings is 1. The first-order chi connectivity index (χ1) is 15.6. The van der Waals surface area contributed by atoms with Crippen LogP contribution in [0.5, 0.6) is 0 Å². The van der Waals surface area contributed by atoms with E-state index in [2.05, 4.69) is 20.6 Å². The maximum absolute atomic E-state index is 12.9. The summed E-state index contributed by atoms with van der Waals surface area (Å²) in [4.78, 5) is 43.8. The van der Waals surface area contributed by atoms with Gasteiger partial charge < -0.3 is 15.6 Å². The minimum absolute atomic E-state index is 0.0524. The fourth-order valence-electron chi connectivity index (χ4n) is 2.59. The number of nitrogens with one attached hydrogen (secondary N) is 3. The molecule has 174 valence electrons. The second-order valence-electron chi connectivity index (χ2n) is 6.60. The number of hydrogen-bond acceptors (Lipinski definition) is 6. The van der Waals surface area contributed by atoms with Crippen LogP contribution in [0.1, 0.15) is 16.1 Å². The molecule has 0 bridgehead atoms. The summed E-state index contributed by atoms with van der Waals surface area (Å²) in [5.74, 6) is -1.24. The van der Waals surface area contributed by atoms with Crippen LogP contribution in [0.25, 0.3) is 0 Å². The molecule has 3 aromatic rings. The van der Waals surface area contributed by atoms with Crippen LogP contribution in [0.4, 0.5) is 18.9 Å². The molecular formula is C20H16ClF3N4O3S2. The van der Waals surface area contributed by atoms with Gasteiger partial charge in [-0.2, -0.15) is 13.2 Å². The van der Waals surface area contributed by atoms with E-state index in [9.17, 15) is 27.6 Å². The van der Waals surface area contributed by atoms with Crippen molar-refractivity contribution in [3.63, 3.8) is 0 Å². The summed E-state index contributed by atoms with van der Waals surface area (Å²) < 4.78 is 38.6. The molecule has 0 saturated heterocycles. The van der Waals surface area contributed by atoms with Gasteiger partial charge in [-0.3, -0.25) is 14.4 Å². The lowest BCUT2D eigenvalue weighted by Crippen LogP contribution is -2.25. The molecule has 0 aliphatic heterocycles. The van der Waals surface area contributed by atoms with E-state index in [-0.39, 0.29) is 39.6 Å². The Hall–Kier alpha value is -2.83. The number of aromatic amines is 1. The van der Waals surface area contributed by atoms with Crippen molar-refractivity contribution in [2.75, 3.05) is 11.1 Å². The molecule has 0 radical (unpaired) electrons. The lowest BCUT2D eigenvalue weighted by atomic mass is 10.2. The Morgan fingerprint density at radius 1 is 1.18 bits per heavy atom. The largest absolute Gasteiger partial charge is 0.416 e. The summed E-state index contributed by atoms with van der Waals surface area (Å²) >= 11 is 8.22. The minimum Gasteiger partial charge on any atom is -0.351 e. The summed E-state index contributed by atoms with van der Waals surface area (Å²) in [6.45, 7) is 0.361. The third kappa shape index (κ3) is 7.62. The highest BCUT2D eigenvalue weighted by Crippen LogP contribution is 2.33. The lowest BCUT2D eigenvalue weighted by Gasteiger charge is -2.11. The molecule has 33 heavy (non-hydrogen) atoms. The molecular weight excluding hydrogens is 501 g/mol. The summed E-state index contributed by atoms with van der Waals surface area (Å²) in [7, 11) is 0. The van der Waals surface area contributed by atoms with E-state index in [1.54, 1.807) is 0 Å². The number of hydrogen-bond donors (Lipinski definition) is 3. The van der Waals surface area contributed by atoms with Gasteiger partial charge in [-0.15, -0.1) is 11.3 Å². The molecule has 13 heteroatoms. The van der Waals surface area contributed by atoms with Gasteiger partial charge in [0, 0.05) is 10.9 Å². The number of anilines is 1. The van der Waals surface area contributed by atoms with Crippen molar-refractivity contribution in [2.45, 2.75) is 24.3 Å². The van der Waals surface area contributed by atoms with Gasteiger partial charge in [-0.25, -0.2) is 4.98 Å². The minimum atomic E-state index is -4.58. The van der Waals surface area contributed by atoms with Crippen LogP contribution in [0.3, 0.4) is 0 Å². The van der Waals surface area contributed by atoms with E-state index < -0.39 is 23.2 Å². The topological polar surface area (TPSA) is 104 Å². The maximum Gasteiger partial charge on any atom is 0.416 e. The smallest absolute Gasteiger partial charge is 0.351 e. The lowest BCUT2D eigenvalue weighted by molar-refractivity contribution is -0.137. The van der Waals surface area contributed by atoms with Crippen molar-refractivity contribution in [3.8, 4) is 0 Å². The average Bonchev–Trinajstić information content (AvgIpc) is 3.25. The molecule has 0 fully saturated rings. The van der Waals surface area contributed by atoms with Gasteiger partial charge in [0.15, 0.2) is 5.16 Å². The molecule has 0 unspecified atom stereocenters. The Bertz CT molecular complexity index is 1200. The number of halogens is 4. The number of benzene rings is 1. The van der Waals surface area contributed by atoms with E-state index in [0.29, 0.717) is 6.54 Å². The van der Waals surface area contributed by atoms with Gasteiger partial charge >= 0.3 is 6.18 Å². The molecule has 0 spiro atoms. The first kappa shape index (κ1) is 24.8. The summed E-state index contributed by atoms with van der Waals surface area (Å²) in [6.07, 6.45) is -4.71. The fourth-order valence-corrected chi connectivity index (χ4v) is 4.09. The van der Waals surface area contributed by atoms with Gasteiger partial charge in [-0.05, 0) is 29.6 Å². The van der Waals surface area contributed by atoms with Crippen LogP contribution in [-0.4, -0.2) is 27.5 Å². The molecule has 0 atom stereocenters. The molecule has 3 N–H and O–H groups in total. The monoisotopic (exact) mass is 516 g/mol. The van der Waals surface area contributed by atoms with Crippen molar-refractivity contribution in [2.24, 2.45) is 0 Å². The molecule has 0 saturated carbocycles. The van der Waals surface area contributed by atoms with E-state index in [1.807, 2.05) is 17.5 Å². The van der Waals surface area contributed by atoms with Crippen molar-refractivity contribution < 1.29 is 22.8 Å². The number of thioether (sulfide) groups is 1. The summed E-state index contributed by atoms with van der Waals surface area (Å²) in [5, 5.41) is 6.96. The third-order valence-corrected chi connectivity index (χ3v) is 6.14. The Morgan fingerprint density at radius 2 is 1.97 bits per heavy atom. The van der Waals surface area contributed by atoms with E-state index in [4.69, 9.17) is 11.6 Å². The van der Waals surface area contributed by atoms with Crippen molar-refractivity contribution in [1.29, 1.82) is 0 Å². The van der Waals surface area contributed by atoms with Crippen molar-refractivity contribution >= 4 is 52.2 Å². The fraction of sp³-hybridized carbons (Fsp3) is 0.200. The Kier molecular flexibility index (Phi) is 8.16.